The van der Waals surface area contributed by atoms with Gasteiger partial charge >= 0.3 is 0 Å². The van der Waals surface area contributed by atoms with Crippen LogP contribution in [0.4, 0.5) is 10.8 Å². The second-order valence-electron chi connectivity index (χ2n) is 4.70. The van der Waals surface area contributed by atoms with Gasteiger partial charge in [0.2, 0.25) is 17.3 Å². The van der Waals surface area contributed by atoms with Gasteiger partial charge in [-0.1, -0.05) is 35.6 Å². The number of rotatable bonds is 1. The van der Waals surface area contributed by atoms with E-state index in [1.54, 1.807) is 0 Å². The number of thiazole rings is 1. The fourth-order valence-corrected chi connectivity index (χ4v) is 2.58. The van der Waals surface area contributed by atoms with Gasteiger partial charge in [0.1, 0.15) is 0 Å². The number of nitrogens with two attached hydrogens (primary N) is 5. The number of benzene rings is 2. The number of nitrogens with zero attached hydrogens (tertiary/aromatic N) is 4. The van der Waals surface area contributed by atoms with E-state index in [9.17, 15) is 0 Å². The monoisotopic (exact) mass is 401 g/mol. The Labute approximate surface area is 165 Å². The van der Waals surface area contributed by atoms with Crippen molar-refractivity contribution >= 4 is 56.9 Å². The molecule has 0 saturated heterocycles. The van der Waals surface area contributed by atoms with E-state index >= 15 is 0 Å². The summed E-state index contributed by atoms with van der Waals surface area (Å²) in [7, 11) is 0. The molecule has 9 nitrogen and oxygen atoms in total. The van der Waals surface area contributed by atoms with Crippen molar-refractivity contribution in [2.75, 3.05) is 5.73 Å². The van der Waals surface area contributed by atoms with E-state index in [0.29, 0.717) is 5.13 Å². The van der Waals surface area contributed by atoms with E-state index in [0.717, 1.165) is 20.8 Å². The van der Waals surface area contributed by atoms with Crippen molar-refractivity contribution in [1.82, 2.24) is 4.98 Å². The minimum atomic E-state index is -0.197. The van der Waals surface area contributed by atoms with Crippen LogP contribution in [0.2, 0.25) is 0 Å². The number of hydrogen-bond donors (Lipinski definition) is 6. The molecule has 0 bridgehead atoms. The Morgan fingerprint density at radius 1 is 1.00 bits per heavy atom. The van der Waals surface area contributed by atoms with Crippen LogP contribution in [0.15, 0.2) is 63.4 Å². The minimum Gasteiger partial charge on any atom is -0.398 e. The molecule has 0 fully saturated rings. The van der Waals surface area contributed by atoms with E-state index < -0.39 is 0 Å². The van der Waals surface area contributed by atoms with Crippen molar-refractivity contribution in [3.05, 3.63) is 48.5 Å². The van der Waals surface area contributed by atoms with Crippen LogP contribution < -0.4 is 28.7 Å². The molecule has 0 aliphatic carbocycles. The highest BCUT2D eigenvalue weighted by molar-refractivity contribution is 7.80. The standard InChI is InChI=1S/C8H8N4S.C6H7NS.C2H4N4/c9-7(10)12-8-11-5-3-1-2-4-6(5)13-8;7-5-3-1-2-4-6(5)8;3-1-6-2(4)5/h1-4H,(H4,9,10,11,12);1-4,8H,7H2;(H4,4,5,6). The minimum absolute atomic E-state index is 0.0408. The molecule has 1 heterocycles. The Balaban J connectivity index is 0.000000224. The topological polar surface area (TPSA) is 191 Å². The van der Waals surface area contributed by atoms with Crippen LogP contribution in [0.3, 0.4) is 0 Å². The van der Waals surface area contributed by atoms with Crippen LogP contribution >= 0.6 is 24.0 Å². The maximum atomic E-state index is 7.64. The summed E-state index contributed by atoms with van der Waals surface area (Å²) >= 11 is 5.54. The predicted molar refractivity (Wildman–Crippen MR) is 115 cm³/mol. The first-order valence-corrected chi connectivity index (χ1v) is 8.56. The highest BCUT2D eigenvalue weighted by atomic mass is 32.1. The smallest absolute Gasteiger partial charge is 0.213 e. The Morgan fingerprint density at radius 3 is 2.07 bits per heavy atom. The third-order valence-corrected chi connectivity index (χ3v) is 3.96. The van der Waals surface area contributed by atoms with Crippen molar-refractivity contribution in [3.8, 4) is 6.19 Å². The molecule has 0 saturated carbocycles. The fraction of sp³-hybridized carbons (Fsp3) is 0. The van der Waals surface area contributed by atoms with Gasteiger partial charge in [-0.05, 0) is 24.3 Å². The van der Waals surface area contributed by atoms with Gasteiger partial charge in [0, 0.05) is 10.6 Å². The lowest BCUT2D eigenvalue weighted by atomic mass is 10.3. The Morgan fingerprint density at radius 2 is 1.63 bits per heavy atom. The molecule has 3 rings (SSSR count). The van der Waals surface area contributed by atoms with Gasteiger partial charge in [-0.3, -0.25) is 0 Å². The molecule has 11 heteroatoms. The summed E-state index contributed by atoms with van der Waals surface area (Å²) in [6.07, 6.45) is 1.41. The average molecular weight is 402 g/mol. The van der Waals surface area contributed by atoms with Crippen molar-refractivity contribution in [2.45, 2.75) is 4.90 Å². The highest BCUT2D eigenvalue weighted by Gasteiger charge is 2.00. The lowest BCUT2D eigenvalue weighted by Gasteiger charge is -1.92. The van der Waals surface area contributed by atoms with Crippen molar-refractivity contribution < 1.29 is 0 Å². The van der Waals surface area contributed by atoms with Gasteiger partial charge in [0.25, 0.3) is 0 Å². The van der Waals surface area contributed by atoms with Crippen molar-refractivity contribution in [3.63, 3.8) is 0 Å². The zero-order valence-electron chi connectivity index (χ0n) is 14.1. The Kier molecular flexibility index (Phi) is 8.93. The number of anilines is 1. The molecule has 140 valence electrons. The number of nitrogen functional groups attached to an aromatic ring is 1. The van der Waals surface area contributed by atoms with E-state index in [4.69, 9.17) is 33.9 Å². The predicted octanol–water partition coefficient (Wildman–Crippen LogP) is 1.50. The lowest BCUT2D eigenvalue weighted by Crippen LogP contribution is -2.21. The third kappa shape index (κ3) is 8.43. The molecule has 0 spiro atoms. The number of guanidine groups is 2. The van der Waals surface area contributed by atoms with Gasteiger partial charge in [0.05, 0.1) is 10.2 Å². The molecule has 2 aromatic carbocycles. The summed E-state index contributed by atoms with van der Waals surface area (Å²) < 4.78 is 1.09. The number of thiol groups is 1. The summed E-state index contributed by atoms with van der Waals surface area (Å²) in [6, 6.07) is 15.3. The summed E-state index contributed by atoms with van der Waals surface area (Å²) in [6.45, 7) is 0. The van der Waals surface area contributed by atoms with E-state index in [1.807, 2.05) is 48.5 Å². The maximum Gasteiger partial charge on any atom is 0.213 e. The number of aromatic nitrogens is 1. The van der Waals surface area contributed by atoms with Crippen LogP contribution in [-0.2, 0) is 0 Å². The lowest BCUT2D eigenvalue weighted by molar-refractivity contribution is 1.36. The maximum absolute atomic E-state index is 7.64. The number of aliphatic imine (C=N–C) groups is 2. The first-order chi connectivity index (χ1) is 12.8. The number of fused-ring (bicyclic) bond motifs is 1. The van der Waals surface area contributed by atoms with Crippen LogP contribution in [0.5, 0.6) is 0 Å². The molecule has 0 atom stereocenters. The molecule has 10 N–H and O–H groups in total. The van der Waals surface area contributed by atoms with Crippen LogP contribution in [0, 0.1) is 11.5 Å². The van der Waals surface area contributed by atoms with Crippen LogP contribution in [0.1, 0.15) is 0 Å². The Bertz CT molecular complexity index is 911. The van der Waals surface area contributed by atoms with Crippen molar-refractivity contribution in [1.29, 1.82) is 5.26 Å². The second kappa shape index (κ2) is 11.2. The molecule has 1 aromatic heterocycles. The number of nitriles is 1. The summed E-state index contributed by atoms with van der Waals surface area (Å²) in [4.78, 5) is 11.8. The van der Waals surface area contributed by atoms with E-state index in [-0.39, 0.29) is 11.9 Å². The first-order valence-electron chi connectivity index (χ1n) is 7.30. The summed E-state index contributed by atoms with van der Waals surface area (Å²) in [5, 5.41) is 8.24. The van der Waals surface area contributed by atoms with Crippen molar-refractivity contribution in [2.24, 2.45) is 32.9 Å². The summed E-state index contributed by atoms with van der Waals surface area (Å²) in [5.41, 5.74) is 27.0. The third-order valence-electron chi connectivity index (χ3n) is 2.62. The molecule has 0 radical (unpaired) electrons. The zero-order valence-corrected chi connectivity index (χ0v) is 15.9. The SMILES string of the molecule is N#CN=C(N)N.NC(N)=Nc1nc2ccccc2s1.Nc1ccccc1S. The van der Waals surface area contributed by atoms with E-state index in [2.05, 4.69) is 27.6 Å². The Hall–Kier alpha value is -3.49. The van der Waals surface area contributed by atoms with Gasteiger partial charge in [0.15, 0.2) is 5.96 Å². The molecule has 27 heavy (non-hydrogen) atoms. The van der Waals surface area contributed by atoms with Crippen LogP contribution in [0.25, 0.3) is 10.2 Å². The quantitative estimate of drug-likeness (QED) is 0.117. The average Bonchev–Trinajstić information content (AvgIpc) is 3.00. The molecular weight excluding hydrogens is 382 g/mol. The van der Waals surface area contributed by atoms with Gasteiger partial charge in [-0.15, -0.1) is 17.6 Å². The molecular formula is C16H19N9S2. The molecule has 0 aliphatic rings. The zero-order chi connectivity index (χ0) is 20.2. The largest absolute Gasteiger partial charge is 0.398 e. The first kappa shape index (κ1) is 21.6. The molecule has 0 amide bonds. The highest BCUT2D eigenvalue weighted by Crippen LogP contribution is 2.27. The van der Waals surface area contributed by atoms with E-state index in [1.165, 1.54) is 17.5 Å². The summed E-state index contributed by atoms with van der Waals surface area (Å²) in [5.74, 6) is -0.156. The molecule has 0 aliphatic heterocycles. The molecule has 0 unspecified atom stereocenters. The fourth-order valence-electron chi connectivity index (χ4n) is 1.56. The normalized spacial score (nSPS) is 8.89. The second-order valence-corrected chi connectivity index (χ2v) is 6.19. The van der Waals surface area contributed by atoms with Gasteiger partial charge in [-0.2, -0.15) is 10.3 Å². The number of hydrogen-bond acceptors (Lipinski definition) is 7. The van der Waals surface area contributed by atoms with Crippen LogP contribution in [-0.4, -0.2) is 16.9 Å². The number of para-hydroxylation sites is 2. The molecule has 3 aromatic rings. The van der Waals surface area contributed by atoms with Gasteiger partial charge in [-0.25, -0.2) is 4.98 Å². The van der Waals surface area contributed by atoms with Gasteiger partial charge < -0.3 is 28.7 Å².